The molecule has 6 heteroatoms. The van der Waals surface area contributed by atoms with Crippen molar-refractivity contribution < 1.29 is 9.53 Å². The zero-order valence-corrected chi connectivity index (χ0v) is 15.7. The number of nitrogens with one attached hydrogen (secondary N) is 2. The van der Waals surface area contributed by atoms with Crippen molar-refractivity contribution in [2.45, 2.75) is 12.8 Å². The lowest BCUT2D eigenvalue weighted by Crippen LogP contribution is -2.11. The number of carbonyl (C=O) groups is 1. The molecule has 136 valence electrons. The summed E-state index contributed by atoms with van der Waals surface area (Å²) in [6.45, 7) is 0. The summed E-state index contributed by atoms with van der Waals surface area (Å²) in [5, 5.41) is 4.82. The number of methoxy groups -OCH3 is 1. The number of hydrogen-bond donors (Lipinski definition) is 2. The maximum atomic E-state index is 12.3. The summed E-state index contributed by atoms with van der Waals surface area (Å²) < 4.78 is 5.26. The van der Waals surface area contributed by atoms with Crippen molar-refractivity contribution in [2.24, 2.45) is 0 Å². The van der Waals surface area contributed by atoms with Crippen molar-refractivity contribution in [3.05, 3.63) is 65.8 Å². The molecule has 5 nitrogen and oxygen atoms in total. The molecule has 0 saturated carbocycles. The molecule has 2 heterocycles. The van der Waals surface area contributed by atoms with Crippen LogP contribution in [0, 0.1) is 0 Å². The molecule has 27 heavy (non-hydrogen) atoms. The summed E-state index contributed by atoms with van der Waals surface area (Å²) in [6, 6.07) is 16.1. The number of fused-ring (bicyclic) bond motifs is 1. The van der Waals surface area contributed by atoms with Gasteiger partial charge in [0.15, 0.2) is 0 Å². The van der Waals surface area contributed by atoms with E-state index in [4.69, 9.17) is 4.74 Å². The van der Waals surface area contributed by atoms with Gasteiger partial charge in [0.05, 0.1) is 18.8 Å². The molecule has 4 aromatic rings. The number of H-pyrrole nitrogens is 1. The van der Waals surface area contributed by atoms with Crippen molar-refractivity contribution in [1.29, 1.82) is 0 Å². The SMILES string of the molecule is COc1ccc(-c2[nH]c3ccccc3c2CCC(=O)Nc2cncs2)cc1. The fraction of sp³-hybridized carbons (Fsp3) is 0.143. The van der Waals surface area contributed by atoms with Crippen LogP contribution in [-0.4, -0.2) is 23.0 Å². The molecule has 0 saturated heterocycles. The number of aromatic amines is 1. The molecule has 4 rings (SSSR count). The smallest absolute Gasteiger partial charge is 0.225 e. The molecule has 0 radical (unpaired) electrons. The van der Waals surface area contributed by atoms with E-state index in [1.165, 1.54) is 11.3 Å². The van der Waals surface area contributed by atoms with Crippen LogP contribution in [0.25, 0.3) is 22.2 Å². The highest BCUT2D eigenvalue weighted by molar-refractivity contribution is 7.13. The molecule has 1 amide bonds. The van der Waals surface area contributed by atoms with Crippen LogP contribution in [0.1, 0.15) is 12.0 Å². The number of nitrogens with zero attached hydrogens (tertiary/aromatic N) is 1. The number of ether oxygens (including phenoxy) is 1. The Bertz CT molecular complexity index is 1050. The molecule has 0 unspecified atom stereocenters. The zero-order chi connectivity index (χ0) is 18.6. The Morgan fingerprint density at radius 1 is 1.19 bits per heavy atom. The van der Waals surface area contributed by atoms with Gasteiger partial charge in [-0.05, 0) is 47.9 Å². The van der Waals surface area contributed by atoms with E-state index in [1.54, 1.807) is 18.8 Å². The minimum absolute atomic E-state index is 0.00906. The third-order valence-corrected chi connectivity index (χ3v) is 5.18. The molecule has 0 spiro atoms. The number of carbonyl (C=O) groups excluding carboxylic acids is 1. The Morgan fingerprint density at radius 3 is 2.74 bits per heavy atom. The monoisotopic (exact) mass is 377 g/mol. The van der Waals surface area contributed by atoms with Crippen LogP contribution in [-0.2, 0) is 11.2 Å². The van der Waals surface area contributed by atoms with Gasteiger partial charge in [0.1, 0.15) is 10.8 Å². The van der Waals surface area contributed by atoms with Crippen molar-refractivity contribution in [3.63, 3.8) is 0 Å². The van der Waals surface area contributed by atoms with E-state index in [9.17, 15) is 4.79 Å². The first-order chi connectivity index (χ1) is 13.2. The molecule has 0 atom stereocenters. The van der Waals surface area contributed by atoms with Crippen molar-refractivity contribution >= 4 is 33.1 Å². The van der Waals surface area contributed by atoms with Crippen LogP contribution in [0.4, 0.5) is 5.00 Å². The van der Waals surface area contributed by atoms with E-state index in [1.807, 2.05) is 36.4 Å². The third-order valence-electron chi connectivity index (χ3n) is 4.49. The van der Waals surface area contributed by atoms with Gasteiger partial charge < -0.3 is 15.0 Å². The Hall–Kier alpha value is -3.12. The lowest BCUT2D eigenvalue weighted by molar-refractivity contribution is -0.116. The van der Waals surface area contributed by atoms with Crippen LogP contribution in [0.15, 0.2) is 60.2 Å². The van der Waals surface area contributed by atoms with Crippen LogP contribution in [0.2, 0.25) is 0 Å². The van der Waals surface area contributed by atoms with Gasteiger partial charge in [-0.1, -0.05) is 18.2 Å². The molecule has 2 aromatic carbocycles. The second-order valence-corrected chi connectivity index (χ2v) is 7.05. The van der Waals surface area contributed by atoms with Gasteiger partial charge in [0.2, 0.25) is 5.91 Å². The molecule has 2 N–H and O–H groups in total. The maximum Gasteiger partial charge on any atom is 0.225 e. The molecule has 0 fully saturated rings. The fourth-order valence-corrected chi connectivity index (χ4v) is 3.71. The van der Waals surface area contributed by atoms with Gasteiger partial charge in [-0.25, -0.2) is 0 Å². The summed E-state index contributed by atoms with van der Waals surface area (Å²) in [6.07, 6.45) is 2.72. The number of anilines is 1. The number of aromatic nitrogens is 2. The van der Waals surface area contributed by atoms with Crippen LogP contribution >= 0.6 is 11.3 Å². The quantitative estimate of drug-likeness (QED) is 0.504. The third kappa shape index (κ3) is 3.71. The van der Waals surface area contributed by atoms with E-state index in [2.05, 4.69) is 27.4 Å². The predicted octanol–water partition coefficient (Wildman–Crippen LogP) is 4.87. The maximum absolute atomic E-state index is 12.3. The Morgan fingerprint density at radius 2 is 2.00 bits per heavy atom. The highest BCUT2D eigenvalue weighted by atomic mass is 32.1. The first-order valence-corrected chi connectivity index (χ1v) is 9.55. The van der Waals surface area contributed by atoms with Gasteiger partial charge >= 0.3 is 0 Å². The Kier molecular flexibility index (Phi) is 4.89. The van der Waals surface area contributed by atoms with Gasteiger partial charge in [-0.15, -0.1) is 11.3 Å². The number of aryl methyl sites for hydroxylation is 1. The number of para-hydroxylation sites is 1. The van der Waals surface area contributed by atoms with Crippen LogP contribution in [0.3, 0.4) is 0 Å². The average molecular weight is 377 g/mol. The van der Waals surface area contributed by atoms with E-state index in [-0.39, 0.29) is 5.91 Å². The zero-order valence-electron chi connectivity index (χ0n) is 14.9. The van der Waals surface area contributed by atoms with Gasteiger partial charge in [-0.2, -0.15) is 0 Å². The Balaban J connectivity index is 1.62. The van der Waals surface area contributed by atoms with Crippen LogP contribution in [0.5, 0.6) is 5.75 Å². The van der Waals surface area contributed by atoms with E-state index in [0.717, 1.165) is 38.5 Å². The van der Waals surface area contributed by atoms with E-state index in [0.29, 0.717) is 12.8 Å². The molecule has 0 aliphatic carbocycles. The largest absolute Gasteiger partial charge is 0.497 e. The first kappa shape index (κ1) is 17.3. The van der Waals surface area contributed by atoms with Gasteiger partial charge in [-0.3, -0.25) is 9.78 Å². The first-order valence-electron chi connectivity index (χ1n) is 8.67. The van der Waals surface area contributed by atoms with E-state index >= 15 is 0 Å². The molecule has 0 aliphatic rings. The molecule has 2 aromatic heterocycles. The number of thiazole rings is 1. The fourth-order valence-electron chi connectivity index (χ4n) is 3.18. The number of rotatable bonds is 6. The lowest BCUT2D eigenvalue weighted by atomic mass is 10.0. The summed E-state index contributed by atoms with van der Waals surface area (Å²) in [4.78, 5) is 19.8. The van der Waals surface area contributed by atoms with Gasteiger partial charge in [0.25, 0.3) is 0 Å². The Labute approximate surface area is 161 Å². The second-order valence-electron chi connectivity index (χ2n) is 6.17. The average Bonchev–Trinajstić information content (AvgIpc) is 3.34. The highest BCUT2D eigenvalue weighted by Crippen LogP contribution is 2.32. The summed E-state index contributed by atoms with van der Waals surface area (Å²) in [5.41, 5.74) is 6.04. The normalized spacial score (nSPS) is 10.9. The minimum Gasteiger partial charge on any atom is -0.497 e. The summed E-state index contributed by atoms with van der Waals surface area (Å²) in [5.74, 6) is 0.811. The molecule has 0 aliphatic heterocycles. The predicted molar refractivity (Wildman–Crippen MR) is 109 cm³/mol. The minimum atomic E-state index is -0.00906. The van der Waals surface area contributed by atoms with Gasteiger partial charge in [0, 0.05) is 23.0 Å². The lowest BCUT2D eigenvalue weighted by Gasteiger charge is -2.07. The summed E-state index contributed by atoms with van der Waals surface area (Å²) in [7, 11) is 1.66. The van der Waals surface area contributed by atoms with Crippen molar-refractivity contribution in [3.8, 4) is 17.0 Å². The topological polar surface area (TPSA) is 67.0 Å². The summed E-state index contributed by atoms with van der Waals surface area (Å²) >= 11 is 1.42. The molecule has 0 bridgehead atoms. The number of amides is 1. The van der Waals surface area contributed by atoms with Crippen molar-refractivity contribution in [2.75, 3.05) is 12.4 Å². The van der Waals surface area contributed by atoms with Crippen LogP contribution < -0.4 is 10.1 Å². The molecular weight excluding hydrogens is 358 g/mol. The second kappa shape index (κ2) is 7.63. The number of benzene rings is 2. The highest BCUT2D eigenvalue weighted by Gasteiger charge is 2.15. The number of hydrogen-bond acceptors (Lipinski definition) is 4. The standard InChI is InChI=1S/C21H19N3O2S/c1-26-15-8-6-14(7-9-15)21-17(16-4-2-3-5-18(16)23-21)10-11-19(25)24-20-12-22-13-27-20/h2-9,12-13,23H,10-11H2,1H3,(H,24,25). The van der Waals surface area contributed by atoms with E-state index < -0.39 is 0 Å². The molecular formula is C21H19N3O2S. The van der Waals surface area contributed by atoms with Crippen molar-refractivity contribution in [1.82, 2.24) is 9.97 Å².